The molecule has 0 fully saturated rings. The summed E-state index contributed by atoms with van der Waals surface area (Å²) in [5, 5.41) is 8.60. The zero-order valence-corrected chi connectivity index (χ0v) is 12.1. The molecule has 106 valence electrons. The summed E-state index contributed by atoms with van der Waals surface area (Å²) < 4.78 is 46.0. The average molecular weight is 306 g/mol. The minimum atomic E-state index is -3.56. The fourth-order valence-corrected chi connectivity index (χ4v) is 2.94. The highest BCUT2D eigenvalue weighted by molar-refractivity contribution is 7.91. The number of aryl methyl sites for hydroxylation is 1. The summed E-state index contributed by atoms with van der Waals surface area (Å²) in [6.45, 7) is 0. The van der Waals surface area contributed by atoms with Crippen LogP contribution in [0.4, 0.5) is 0 Å². The first-order chi connectivity index (χ1) is 8.50. The molecule has 0 aliphatic heterocycles. The Labute approximate surface area is 111 Å². The van der Waals surface area contributed by atoms with Crippen molar-refractivity contribution in [3.05, 3.63) is 23.8 Å². The lowest BCUT2D eigenvalue weighted by Gasteiger charge is -2.07. The molecule has 0 heterocycles. The van der Waals surface area contributed by atoms with Gasteiger partial charge in [-0.3, -0.25) is 4.79 Å². The summed E-state index contributed by atoms with van der Waals surface area (Å²) in [6.07, 6.45) is 1.81. The molecule has 0 unspecified atom stereocenters. The number of rotatable bonds is 5. The first kappa shape index (κ1) is 15.6. The predicted octanol–water partition coefficient (Wildman–Crippen LogP) is 0.511. The number of aliphatic carboxylic acids is 1. The molecule has 6 nitrogen and oxygen atoms in total. The summed E-state index contributed by atoms with van der Waals surface area (Å²) in [6, 6.07) is 3.68. The Morgan fingerprint density at radius 2 is 1.42 bits per heavy atom. The van der Waals surface area contributed by atoms with Gasteiger partial charge in [-0.2, -0.15) is 0 Å². The lowest BCUT2D eigenvalue weighted by molar-refractivity contribution is -0.136. The molecule has 0 saturated carbocycles. The van der Waals surface area contributed by atoms with Crippen molar-refractivity contribution >= 4 is 25.6 Å². The lowest BCUT2D eigenvalue weighted by Crippen LogP contribution is -2.05. The zero-order chi connectivity index (χ0) is 14.8. The molecular weight excluding hydrogens is 292 g/mol. The molecule has 0 spiro atoms. The highest BCUT2D eigenvalue weighted by atomic mass is 32.2. The van der Waals surface area contributed by atoms with Gasteiger partial charge >= 0.3 is 5.97 Å². The van der Waals surface area contributed by atoms with Crippen LogP contribution in [-0.2, 0) is 30.9 Å². The topological polar surface area (TPSA) is 106 Å². The number of carboxylic acids is 1. The van der Waals surface area contributed by atoms with Crippen LogP contribution in [0.5, 0.6) is 0 Å². The third-order valence-electron chi connectivity index (χ3n) is 2.42. The second kappa shape index (κ2) is 5.30. The first-order valence-corrected chi connectivity index (χ1v) is 9.04. The minimum Gasteiger partial charge on any atom is -0.481 e. The van der Waals surface area contributed by atoms with E-state index in [9.17, 15) is 21.6 Å². The van der Waals surface area contributed by atoms with Crippen LogP contribution in [0.1, 0.15) is 12.0 Å². The number of carboxylic acid groups (broad SMARTS) is 1. The average Bonchev–Trinajstić information content (AvgIpc) is 2.23. The summed E-state index contributed by atoms with van der Waals surface area (Å²) in [5.41, 5.74) is 0.366. The molecule has 0 bridgehead atoms. The molecule has 1 N–H and O–H groups in total. The summed E-state index contributed by atoms with van der Waals surface area (Å²) in [4.78, 5) is 10.2. The second-order valence-corrected chi connectivity index (χ2v) is 8.28. The molecule has 0 radical (unpaired) electrons. The van der Waals surface area contributed by atoms with Gasteiger partial charge < -0.3 is 5.11 Å². The standard InChI is InChI=1S/C11H14O6S2/c1-18(14,15)9-5-8(3-4-11(12)13)6-10(7-9)19(2,16)17/h5-7H,3-4H2,1-2H3,(H,12,13). The van der Waals surface area contributed by atoms with E-state index in [2.05, 4.69) is 0 Å². The van der Waals surface area contributed by atoms with E-state index in [-0.39, 0.29) is 22.6 Å². The molecule has 1 aromatic carbocycles. The normalized spacial score (nSPS) is 12.3. The lowest BCUT2D eigenvalue weighted by atomic mass is 10.1. The number of sulfone groups is 2. The van der Waals surface area contributed by atoms with Crippen LogP contribution in [0.2, 0.25) is 0 Å². The highest BCUT2D eigenvalue weighted by Crippen LogP contribution is 2.20. The maximum absolute atomic E-state index is 11.5. The molecule has 19 heavy (non-hydrogen) atoms. The van der Waals surface area contributed by atoms with Gasteiger partial charge in [0.25, 0.3) is 0 Å². The van der Waals surface area contributed by atoms with E-state index in [4.69, 9.17) is 5.11 Å². The van der Waals surface area contributed by atoms with Crippen LogP contribution in [0.3, 0.4) is 0 Å². The maximum Gasteiger partial charge on any atom is 0.303 e. The van der Waals surface area contributed by atoms with E-state index >= 15 is 0 Å². The highest BCUT2D eigenvalue weighted by Gasteiger charge is 2.15. The van der Waals surface area contributed by atoms with Crippen LogP contribution in [0.25, 0.3) is 0 Å². The van der Waals surface area contributed by atoms with Crippen LogP contribution in [0.15, 0.2) is 28.0 Å². The van der Waals surface area contributed by atoms with E-state index in [0.29, 0.717) is 5.56 Å². The van der Waals surface area contributed by atoms with Crippen LogP contribution in [0, 0.1) is 0 Å². The Morgan fingerprint density at radius 3 is 1.74 bits per heavy atom. The Balaban J connectivity index is 3.37. The van der Waals surface area contributed by atoms with E-state index in [1.807, 2.05) is 0 Å². The Kier molecular flexibility index (Phi) is 4.36. The predicted molar refractivity (Wildman–Crippen MR) is 68.6 cm³/mol. The van der Waals surface area contributed by atoms with Gasteiger partial charge in [-0.25, -0.2) is 16.8 Å². The Bertz CT molecular complexity index is 650. The molecule has 0 atom stereocenters. The van der Waals surface area contributed by atoms with E-state index in [1.165, 1.54) is 12.1 Å². The van der Waals surface area contributed by atoms with Crippen LogP contribution in [-0.4, -0.2) is 40.4 Å². The molecule has 0 saturated heterocycles. The summed E-state index contributed by atoms with van der Waals surface area (Å²) >= 11 is 0. The van der Waals surface area contributed by atoms with E-state index in [0.717, 1.165) is 18.6 Å². The van der Waals surface area contributed by atoms with Crippen molar-refractivity contribution in [2.75, 3.05) is 12.5 Å². The van der Waals surface area contributed by atoms with Gasteiger partial charge in [-0.15, -0.1) is 0 Å². The van der Waals surface area contributed by atoms with Crippen LogP contribution >= 0.6 is 0 Å². The third kappa shape index (κ3) is 4.64. The van der Waals surface area contributed by atoms with E-state index < -0.39 is 25.6 Å². The largest absolute Gasteiger partial charge is 0.481 e. The van der Waals surface area contributed by atoms with Gasteiger partial charge in [0.1, 0.15) is 0 Å². The summed E-state index contributed by atoms with van der Waals surface area (Å²) in [5.74, 6) is -1.04. The number of hydrogen-bond donors (Lipinski definition) is 1. The molecule has 0 amide bonds. The fraction of sp³-hybridized carbons (Fsp3) is 0.364. The molecule has 1 aromatic rings. The van der Waals surface area contributed by atoms with Gasteiger partial charge in [-0.1, -0.05) is 0 Å². The van der Waals surface area contributed by atoms with Crippen molar-refractivity contribution in [2.24, 2.45) is 0 Å². The van der Waals surface area contributed by atoms with Crippen LogP contribution < -0.4 is 0 Å². The van der Waals surface area contributed by atoms with Gasteiger partial charge in [0.2, 0.25) is 0 Å². The third-order valence-corrected chi connectivity index (χ3v) is 4.61. The molecular formula is C11H14O6S2. The van der Waals surface area contributed by atoms with Crippen molar-refractivity contribution in [2.45, 2.75) is 22.6 Å². The summed E-state index contributed by atoms with van der Waals surface area (Å²) in [7, 11) is -7.12. The quantitative estimate of drug-likeness (QED) is 0.849. The monoisotopic (exact) mass is 306 g/mol. The van der Waals surface area contributed by atoms with Crippen molar-refractivity contribution in [1.29, 1.82) is 0 Å². The fourth-order valence-electron chi connectivity index (χ4n) is 1.45. The Hall–Kier alpha value is -1.41. The second-order valence-electron chi connectivity index (χ2n) is 4.25. The zero-order valence-electron chi connectivity index (χ0n) is 10.5. The van der Waals surface area contributed by atoms with Crippen molar-refractivity contribution in [3.8, 4) is 0 Å². The van der Waals surface area contributed by atoms with E-state index in [1.54, 1.807) is 0 Å². The number of benzene rings is 1. The van der Waals surface area contributed by atoms with Gasteiger partial charge in [0, 0.05) is 18.9 Å². The van der Waals surface area contributed by atoms with Gasteiger partial charge in [0.15, 0.2) is 19.7 Å². The van der Waals surface area contributed by atoms with Crippen molar-refractivity contribution in [3.63, 3.8) is 0 Å². The van der Waals surface area contributed by atoms with Gasteiger partial charge in [-0.05, 0) is 30.2 Å². The minimum absolute atomic E-state index is 0.0706. The number of carbonyl (C=O) groups is 1. The number of hydrogen-bond acceptors (Lipinski definition) is 5. The molecule has 0 aliphatic carbocycles. The molecule has 0 aliphatic rings. The van der Waals surface area contributed by atoms with Gasteiger partial charge in [0.05, 0.1) is 9.79 Å². The Morgan fingerprint density at radius 1 is 1.00 bits per heavy atom. The van der Waals surface area contributed by atoms with Crippen molar-refractivity contribution in [1.82, 2.24) is 0 Å². The maximum atomic E-state index is 11.5. The first-order valence-electron chi connectivity index (χ1n) is 5.26. The smallest absolute Gasteiger partial charge is 0.303 e. The SMILES string of the molecule is CS(=O)(=O)c1cc(CCC(=O)O)cc(S(C)(=O)=O)c1. The van der Waals surface area contributed by atoms with Crippen molar-refractivity contribution < 1.29 is 26.7 Å². The molecule has 0 aromatic heterocycles. The molecule has 1 rings (SSSR count). The molecule has 8 heteroatoms.